The van der Waals surface area contributed by atoms with Gasteiger partial charge in [0.1, 0.15) is 23.2 Å². The molecular weight excluding hydrogens is 463 g/mol. The molecule has 1 aromatic heterocycles. The molecule has 0 atom stereocenters. The van der Waals surface area contributed by atoms with Crippen molar-refractivity contribution in [2.75, 3.05) is 6.16 Å². The average molecular weight is 508 g/mol. The topological polar surface area (TPSA) is 55.1 Å². The molecule has 1 N–H and O–H groups in total. The van der Waals surface area contributed by atoms with Crippen molar-refractivity contribution in [1.82, 2.24) is 9.78 Å². The number of carbonyl (C=O) groups is 1. The Bertz CT molecular complexity index is 978. The van der Waals surface area contributed by atoms with Crippen LogP contribution in [-0.2, 0) is 4.79 Å². The van der Waals surface area contributed by atoms with Crippen molar-refractivity contribution in [3.63, 3.8) is 0 Å². The van der Waals surface area contributed by atoms with Crippen LogP contribution in [0.3, 0.4) is 0 Å². The lowest BCUT2D eigenvalue weighted by Gasteiger charge is -2.26. The molecule has 3 aromatic rings. The molecule has 194 valence electrons. The number of hydrogen-bond acceptors (Lipinski definition) is 2. The van der Waals surface area contributed by atoms with Crippen LogP contribution in [0.5, 0.6) is 0 Å². The van der Waals surface area contributed by atoms with E-state index in [4.69, 9.17) is 10.2 Å². The van der Waals surface area contributed by atoms with Gasteiger partial charge in [0.2, 0.25) is 0 Å². The molecule has 0 unspecified atom stereocenters. The van der Waals surface area contributed by atoms with Gasteiger partial charge in [-0.2, -0.15) is 5.10 Å². The Balaban J connectivity index is 1.61. The summed E-state index contributed by atoms with van der Waals surface area (Å²) in [5, 5.41) is 17.8. The van der Waals surface area contributed by atoms with Crippen LogP contribution in [0.2, 0.25) is 0 Å². The fourth-order valence-corrected chi connectivity index (χ4v) is 9.34. The van der Waals surface area contributed by atoms with Crippen LogP contribution in [0.15, 0.2) is 73.1 Å². The summed E-state index contributed by atoms with van der Waals surface area (Å²) in [6, 6.07) is 22.6. The van der Waals surface area contributed by atoms with Crippen molar-refractivity contribution >= 4 is 29.1 Å². The van der Waals surface area contributed by atoms with E-state index < -0.39 is 13.2 Å². The van der Waals surface area contributed by atoms with Crippen molar-refractivity contribution in [3.8, 4) is 0 Å². The highest BCUT2D eigenvalue weighted by atomic mass is 31.2. The maximum atomic E-state index is 10.6. The Morgan fingerprint density at radius 1 is 0.750 bits per heavy atom. The first-order valence-electron chi connectivity index (χ1n) is 13.8. The number of hydrogen-bond donors (Lipinski definition) is 1. The average Bonchev–Trinajstić information content (AvgIpc) is 3.39. The lowest BCUT2D eigenvalue weighted by Crippen LogP contribution is -2.33. The van der Waals surface area contributed by atoms with E-state index in [2.05, 4.69) is 91.6 Å². The minimum absolute atomic E-state index is 0.314. The van der Waals surface area contributed by atoms with Gasteiger partial charge in [0.15, 0.2) is 0 Å². The zero-order valence-corrected chi connectivity index (χ0v) is 23.1. The van der Waals surface area contributed by atoms with E-state index in [1.54, 1.807) is 0 Å². The molecule has 0 aliphatic carbocycles. The van der Waals surface area contributed by atoms with E-state index in [-0.39, 0.29) is 0 Å². The molecular formula is C31H44N2O2P+. The van der Waals surface area contributed by atoms with Gasteiger partial charge in [-0.1, -0.05) is 81.3 Å². The van der Waals surface area contributed by atoms with Crippen LogP contribution in [0.25, 0.3) is 0 Å². The minimum atomic E-state index is -1.78. The number of aliphatic carboxylic acids is 1. The highest BCUT2D eigenvalue weighted by Crippen LogP contribution is 2.56. The number of unbranched alkanes of at least 4 members (excludes halogenated alkanes) is 9. The molecule has 36 heavy (non-hydrogen) atoms. The van der Waals surface area contributed by atoms with Crippen LogP contribution in [-0.4, -0.2) is 27.0 Å². The van der Waals surface area contributed by atoms with Crippen LogP contribution in [0.4, 0.5) is 0 Å². The minimum Gasteiger partial charge on any atom is -0.481 e. The van der Waals surface area contributed by atoms with Crippen molar-refractivity contribution < 1.29 is 9.90 Å². The third-order valence-electron chi connectivity index (χ3n) is 7.09. The first kappa shape index (κ1) is 28.1. The quantitative estimate of drug-likeness (QED) is 0.156. The van der Waals surface area contributed by atoms with Gasteiger partial charge in [0.05, 0.1) is 18.6 Å². The van der Waals surface area contributed by atoms with Gasteiger partial charge in [-0.05, 0) is 57.4 Å². The van der Waals surface area contributed by atoms with Gasteiger partial charge < -0.3 is 5.11 Å². The zero-order valence-electron chi connectivity index (χ0n) is 22.2. The normalized spacial score (nSPS) is 11.8. The molecule has 1 heterocycles. The van der Waals surface area contributed by atoms with Gasteiger partial charge in [0, 0.05) is 12.5 Å². The number of carboxylic acid groups (broad SMARTS) is 1. The van der Waals surface area contributed by atoms with Crippen molar-refractivity contribution in [3.05, 3.63) is 73.1 Å². The van der Waals surface area contributed by atoms with E-state index in [1.807, 2.05) is 0 Å². The lowest BCUT2D eigenvalue weighted by molar-refractivity contribution is -0.137. The molecule has 0 bridgehead atoms. The third-order valence-corrected chi connectivity index (χ3v) is 11.5. The standard InChI is InChI=1S/C31H43N2O2P/c1-27(2)33-26-30(25-32-33)36(28-19-13-11-14-20-28,29-21-15-12-16-22-29)24-18-10-8-6-4-3-5-7-9-17-23-31(34)35/h11-16,19-22,25-27H,3-10,17-18,23-24H2,1-2H3/p+1. The molecule has 4 nitrogen and oxygen atoms in total. The molecule has 0 amide bonds. The van der Waals surface area contributed by atoms with Crippen molar-refractivity contribution in [2.24, 2.45) is 0 Å². The van der Waals surface area contributed by atoms with E-state index in [0.717, 1.165) is 12.8 Å². The van der Waals surface area contributed by atoms with Crippen LogP contribution >= 0.6 is 7.26 Å². The Kier molecular flexibility index (Phi) is 11.7. The Labute approximate surface area is 218 Å². The fourth-order valence-electron chi connectivity index (χ4n) is 5.05. The zero-order chi connectivity index (χ0) is 25.6. The summed E-state index contributed by atoms with van der Waals surface area (Å²) in [7, 11) is -1.78. The first-order chi connectivity index (χ1) is 17.5. The number of rotatable bonds is 17. The monoisotopic (exact) mass is 507 g/mol. The van der Waals surface area contributed by atoms with Crippen LogP contribution in [0, 0.1) is 0 Å². The number of aromatic nitrogens is 2. The van der Waals surface area contributed by atoms with Gasteiger partial charge in [-0.3, -0.25) is 9.48 Å². The summed E-state index contributed by atoms with van der Waals surface area (Å²) in [6.45, 7) is 4.38. The molecule has 0 radical (unpaired) electrons. The molecule has 3 rings (SSSR count). The molecule has 0 spiro atoms. The summed E-state index contributed by atoms with van der Waals surface area (Å²) in [5.74, 6) is -0.672. The number of benzene rings is 2. The second-order valence-electron chi connectivity index (χ2n) is 10.2. The highest BCUT2D eigenvalue weighted by Gasteiger charge is 2.45. The predicted octanol–water partition coefficient (Wildman–Crippen LogP) is 7.13. The van der Waals surface area contributed by atoms with Crippen molar-refractivity contribution in [1.29, 1.82) is 0 Å². The smallest absolute Gasteiger partial charge is 0.303 e. The van der Waals surface area contributed by atoms with Gasteiger partial charge in [-0.15, -0.1) is 0 Å². The molecule has 5 heteroatoms. The maximum absolute atomic E-state index is 10.6. The maximum Gasteiger partial charge on any atom is 0.303 e. The second-order valence-corrected chi connectivity index (χ2v) is 13.8. The summed E-state index contributed by atoms with van der Waals surface area (Å²) < 4.78 is 2.11. The molecule has 0 saturated carbocycles. The van der Waals surface area contributed by atoms with Gasteiger partial charge in [-0.25, -0.2) is 0 Å². The molecule has 0 saturated heterocycles. The molecule has 0 fully saturated rings. The van der Waals surface area contributed by atoms with E-state index >= 15 is 0 Å². The fraction of sp³-hybridized carbons (Fsp3) is 0.484. The van der Waals surface area contributed by atoms with Crippen LogP contribution in [0.1, 0.15) is 90.5 Å². The summed E-state index contributed by atoms with van der Waals surface area (Å²) in [5.41, 5.74) is 0. The van der Waals surface area contributed by atoms with Crippen LogP contribution < -0.4 is 15.9 Å². The molecule has 2 aromatic carbocycles. The largest absolute Gasteiger partial charge is 0.481 e. The van der Waals surface area contributed by atoms with E-state index in [0.29, 0.717) is 12.5 Å². The Morgan fingerprint density at radius 2 is 1.22 bits per heavy atom. The third kappa shape index (κ3) is 8.03. The summed E-state index contributed by atoms with van der Waals surface area (Å²) in [6.07, 6.45) is 17.8. The second kappa shape index (κ2) is 15.0. The predicted molar refractivity (Wildman–Crippen MR) is 155 cm³/mol. The lowest BCUT2D eigenvalue weighted by atomic mass is 10.1. The van der Waals surface area contributed by atoms with Gasteiger partial charge in [0.25, 0.3) is 0 Å². The van der Waals surface area contributed by atoms with E-state index in [1.165, 1.54) is 73.4 Å². The van der Waals surface area contributed by atoms with E-state index in [9.17, 15) is 4.79 Å². The number of carboxylic acids is 1. The molecule has 0 aliphatic rings. The van der Waals surface area contributed by atoms with Crippen molar-refractivity contribution in [2.45, 2.75) is 90.5 Å². The Morgan fingerprint density at radius 3 is 1.67 bits per heavy atom. The van der Waals surface area contributed by atoms with Gasteiger partial charge >= 0.3 is 5.97 Å². The molecule has 0 aliphatic heterocycles. The summed E-state index contributed by atoms with van der Waals surface area (Å²) >= 11 is 0. The first-order valence-corrected chi connectivity index (χ1v) is 15.8. The Hall–Kier alpha value is -2.45. The SMILES string of the molecule is CC(C)n1cc([P+](CCCCCCCCCCCCC(=O)O)(c2ccccc2)c2ccccc2)cn1. The summed E-state index contributed by atoms with van der Waals surface area (Å²) in [4.78, 5) is 10.6. The highest BCUT2D eigenvalue weighted by molar-refractivity contribution is 7.95. The number of nitrogens with zero attached hydrogens (tertiary/aromatic N) is 2.